The van der Waals surface area contributed by atoms with Crippen LogP contribution in [0.5, 0.6) is 0 Å². The first-order valence-corrected chi connectivity index (χ1v) is 10.9. The van der Waals surface area contributed by atoms with E-state index in [9.17, 15) is 48.4 Å². The molecule has 1 aliphatic rings. The number of carboxylic acid groups (broad SMARTS) is 2. The largest absolute Gasteiger partial charge is 0.492 e. The lowest BCUT2D eigenvalue weighted by Gasteiger charge is -2.35. The van der Waals surface area contributed by atoms with Gasteiger partial charge in [-0.1, -0.05) is 0 Å². The van der Waals surface area contributed by atoms with Crippen LogP contribution >= 0.6 is 0 Å². The molecule has 1 rings (SSSR count). The van der Waals surface area contributed by atoms with Gasteiger partial charge >= 0.3 is 17.6 Å². The summed E-state index contributed by atoms with van der Waals surface area (Å²) >= 11 is 0. The summed E-state index contributed by atoms with van der Waals surface area (Å²) in [7, 11) is -2.16. The molecule has 0 spiro atoms. The zero-order valence-electron chi connectivity index (χ0n) is 17.4. The number of carboxylic acids is 2. The third-order valence-electron chi connectivity index (χ3n) is 4.62. The SMILES string of the molecule is NC(CCC(=O)N[C@@H](CS(=O)CC(=O)N1CC([N+](=O)[O-])([N+](=O)[O-])C1)C(=O)NCC(=O)O)C(=O)O. The minimum atomic E-state index is -2.55. The molecule has 1 aliphatic heterocycles. The predicted molar refractivity (Wildman–Crippen MR) is 109 cm³/mol. The van der Waals surface area contributed by atoms with Crippen molar-refractivity contribution in [3.05, 3.63) is 20.2 Å². The van der Waals surface area contributed by atoms with Crippen LogP contribution in [0.4, 0.5) is 0 Å². The van der Waals surface area contributed by atoms with Crippen LogP contribution < -0.4 is 16.4 Å². The van der Waals surface area contributed by atoms with Crippen molar-refractivity contribution < 1.29 is 48.2 Å². The highest BCUT2D eigenvalue weighted by molar-refractivity contribution is 7.85. The molecule has 0 aliphatic carbocycles. The zero-order valence-corrected chi connectivity index (χ0v) is 18.2. The van der Waals surface area contributed by atoms with Crippen molar-refractivity contribution in [3.8, 4) is 0 Å². The van der Waals surface area contributed by atoms with E-state index >= 15 is 0 Å². The Balaban J connectivity index is 2.74. The average molecular weight is 510 g/mol. The predicted octanol–water partition coefficient (Wildman–Crippen LogP) is -4.30. The van der Waals surface area contributed by atoms with Crippen LogP contribution in [0.2, 0.25) is 0 Å². The summed E-state index contributed by atoms with van der Waals surface area (Å²) in [6, 6.07) is -2.94. The molecule has 18 nitrogen and oxygen atoms in total. The second kappa shape index (κ2) is 11.9. The Hall–Kier alpha value is -3.74. The maximum atomic E-state index is 12.4. The van der Waals surface area contributed by atoms with E-state index in [4.69, 9.17) is 15.9 Å². The van der Waals surface area contributed by atoms with Gasteiger partial charge in [0.05, 0.1) is 5.75 Å². The molecule has 0 aromatic carbocycles. The Morgan fingerprint density at radius 3 is 2.15 bits per heavy atom. The van der Waals surface area contributed by atoms with E-state index in [1.54, 1.807) is 0 Å². The summed E-state index contributed by atoms with van der Waals surface area (Å²) in [5.74, 6) is -7.08. The number of nitrogens with two attached hydrogens (primary N) is 1. The fourth-order valence-electron chi connectivity index (χ4n) is 2.66. The standard InChI is InChI=1S/C15H22N6O12S/c16-8(14(27)28)1-2-10(22)18-9(13(26)17-3-12(24)25)4-34(33)5-11(23)19-6-15(7-19,20(29)30)21(31)32/h8-9H,1-7,16H2,(H,17,26)(H,18,22)(H,24,25)(H,27,28)/t8?,9-,34?/m0/s1. The molecule has 6 N–H and O–H groups in total. The number of nitrogens with zero attached hydrogens (tertiary/aromatic N) is 3. The molecule has 2 unspecified atom stereocenters. The molecule has 0 bridgehead atoms. The lowest BCUT2D eigenvalue weighted by Crippen LogP contribution is -2.71. The van der Waals surface area contributed by atoms with Gasteiger partial charge in [-0.3, -0.25) is 48.4 Å². The summed E-state index contributed by atoms with van der Waals surface area (Å²) in [4.78, 5) is 78.0. The van der Waals surface area contributed by atoms with Gasteiger partial charge in [0, 0.05) is 17.2 Å². The number of rotatable bonds is 14. The molecule has 34 heavy (non-hydrogen) atoms. The Morgan fingerprint density at radius 1 is 1.12 bits per heavy atom. The van der Waals surface area contributed by atoms with Crippen molar-refractivity contribution in [1.29, 1.82) is 0 Å². The van der Waals surface area contributed by atoms with Crippen LogP contribution in [0.25, 0.3) is 0 Å². The second-order valence-electron chi connectivity index (χ2n) is 7.21. The number of aliphatic carboxylic acids is 2. The van der Waals surface area contributed by atoms with Gasteiger partial charge in [0.25, 0.3) is 0 Å². The van der Waals surface area contributed by atoms with Gasteiger partial charge in [-0.05, 0) is 6.42 Å². The van der Waals surface area contributed by atoms with Crippen LogP contribution in [-0.2, 0) is 34.8 Å². The summed E-state index contributed by atoms with van der Waals surface area (Å²) in [6.45, 7) is -2.52. The van der Waals surface area contributed by atoms with E-state index in [0.29, 0.717) is 0 Å². The Kier molecular flexibility index (Phi) is 9.93. The topological polar surface area (TPSA) is 282 Å². The van der Waals surface area contributed by atoms with E-state index in [0.717, 1.165) is 4.90 Å². The second-order valence-corrected chi connectivity index (χ2v) is 8.71. The van der Waals surface area contributed by atoms with Gasteiger partial charge in [-0.15, -0.1) is 0 Å². The summed E-state index contributed by atoms with van der Waals surface area (Å²) in [5.41, 5.74) is 2.72. The summed E-state index contributed by atoms with van der Waals surface area (Å²) in [5, 5.41) is 43.3. The lowest BCUT2D eigenvalue weighted by atomic mass is 10.0. The van der Waals surface area contributed by atoms with Crippen molar-refractivity contribution in [2.45, 2.75) is 30.6 Å². The monoisotopic (exact) mass is 510 g/mol. The van der Waals surface area contributed by atoms with Crippen LogP contribution in [0.1, 0.15) is 12.8 Å². The van der Waals surface area contributed by atoms with Crippen molar-refractivity contribution in [2.24, 2.45) is 5.73 Å². The molecule has 1 fully saturated rings. The van der Waals surface area contributed by atoms with E-state index in [2.05, 4.69) is 5.32 Å². The zero-order chi connectivity index (χ0) is 26.2. The number of carbonyl (C=O) groups is 5. The maximum Gasteiger partial charge on any atom is 0.492 e. The molecule has 1 heterocycles. The van der Waals surface area contributed by atoms with Gasteiger partial charge in [0.2, 0.25) is 17.7 Å². The Morgan fingerprint density at radius 2 is 1.68 bits per heavy atom. The van der Waals surface area contributed by atoms with E-state index in [1.807, 2.05) is 5.32 Å². The summed E-state index contributed by atoms with van der Waals surface area (Å²) in [6.07, 6.45) is -0.727. The van der Waals surface area contributed by atoms with Crippen molar-refractivity contribution in [3.63, 3.8) is 0 Å². The van der Waals surface area contributed by atoms with E-state index < -0.39 is 106 Å². The first-order valence-electron chi connectivity index (χ1n) is 9.38. The van der Waals surface area contributed by atoms with Crippen molar-refractivity contribution in [2.75, 3.05) is 31.1 Å². The third kappa shape index (κ3) is 7.69. The van der Waals surface area contributed by atoms with E-state index in [-0.39, 0.29) is 6.42 Å². The number of amides is 3. The Labute approximate surface area is 192 Å². The first-order chi connectivity index (χ1) is 15.7. The van der Waals surface area contributed by atoms with Crippen LogP contribution in [0, 0.1) is 20.2 Å². The number of carbonyl (C=O) groups excluding carboxylic acids is 3. The highest BCUT2D eigenvalue weighted by Gasteiger charge is 2.67. The van der Waals surface area contributed by atoms with Gasteiger partial charge in [-0.2, -0.15) is 0 Å². The van der Waals surface area contributed by atoms with Crippen molar-refractivity contribution >= 4 is 40.5 Å². The quantitative estimate of drug-likeness (QED) is 0.0840. The molecular formula is C15H22N6O12S. The van der Waals surface area contributed by atoms with Crippen molar-refractivity contribution in [1.82, 2.24) is 15.5 Å². The average Bonchev–Trinajstić information content (AvgIpc) is 2.67. The molecule has 0 radical (unpaired) electrons. The fraction of sp³-hybridized carbons (Fsp3) is 0.667. The van der Waals surface area contributed by atoms with Crippen LogP contribution in [0.15, 0.2) is 0 Å². The molecule has 3 atom stereocenters. The highest BCUT2D eigenvalue weighted by atomic mass is 32.2. The number of likely N-dealkylation sites (tertiary alicyclic amines) is 1. The molecule has 3 amide bonds. The van der Waals surface area contributed by atoms with Crippen LogP contribution in [0.3, 0.4) is 0 Å². The fourth-order valence-corrected chi connectivity index (χ4v) is 3.84. The minimum Gasteiger partial charge on any atom is -0.480 e. The molecule has 190 valence electrons. The van der Waals surface area contributed by atoms with Gasteiger partial charge in [0.15, 0.2) is 13.1 Å². The molecular weight excluding hydrogens is 488 g/mol. The number of hydrogen-bond donors (Lipinski definition) is 5. The van der Waals surface area contributed by atoms with E-state index in [1.165, 1.54) is 0 Å². The third-order valence-corrected chi connectivity index (χ3v) is 5.90. The molecule has 19 heteroatoms. The first kappa shape index (κ1) is 28.3. The Bertz CT molecular complexity index is 888. The molecule has 0 aromatic rings. The highest BCUT2D eigenvalue weighted by Crippen LogP contribution is 2.25. The number of nitrogens with one attached hydrogen (secondary N) is 2. The molecule has 0 saturated carbocycles. The lowest BCUT2D eigenvalue weighted by molar-refractivity contribution is -0.809. The molecule has 0 aromatic heterocycles. The van der Waals surface area contributed by atoms with Gasteiger partial charge in [0.1, 0.15) is 34.2 Å². The van der Waals surface area contributed by atoms with Crippen LogP contribution in [-0.4, -0.2) is 108 Å². The normalized spacial score (nSPS) is 16.8. The van der Waals surface area contributed by atoms with Gasteiger partial charge in [-0.25, -0.2) is 0 Å². The number of nitro groups is 2. The minimum absolute atomic E-state index is 0.296. The smallest absolute Gasteiger partial charge is 0.480 e. The van der Waals surface area contributed by atoms with Gasteiger partial charge < -0.3 is 31.5 Å². The maximum absolute atomic E-state index is 12.4. The summed E-state index contributed by atoms with van der Waals surface area (Å²) < 4.78 is 12.4. The molecule has 1 saturated heterocycles. The number of hydrogen-bond acceptors (Lipinski definition) is 11.